The molecule has 1 aromatic rings. The van der Waals surface area contributed by atoms with Crippen LogP contribution in [0.4, 0.5) is 17.1 Å². The lowest BCUT2D eigenvalue weighted by Crippen LogP contribution is -2.34. The van der Waals surface area contributed by atoms with Crippen LogP contribution in [0.3, 0.4) is 0 Å². The molecular weight excluding hydrogens is 212 g/mol. The highest BCUT2D eigenvalue weighted by molar-refractivity contribution is 5.69. The highest BCUT2D eigenvalue weighted by Gasteiger charge is 2.18. The molecule has 0 bridgehead atoms. The average Bonchev–Trinajstić information content (AvgIpc) is 2.18. The van der Waals surface area contributed by atoms with Crippen LogP contribution in [0, 0.1) is 5.41 Å². The number of nitrogens with zero attached hydrogens (tertiary/aromatic N) is 1. The molecule has 0 heterocycles. The maximum atomic E-state index is 5.77. The molecule has 96 valence electrons. The minimum Gasteiger partial charge on any atom is -0.397 e. The molecule has 0 saturated heterocycles. The van der Waals surface area contributed by atoms with E-state index < -0.39 is 0 Å². The molecule has 5 N–H and O–H groups in total. The fraction of sp³-hybridized carbons (Fsp3) is 0.538. The number of benzene rings is 1. The Bertz CT molecular complexity index is 372. The third-order valence-electron chi connectivity index (χ3n) is 2.60. The zero-order chi connectivity index (χ0) is 13.1. The molecule has 0 radical (unpaired) electrons. The van der Waals surface area contributed by atoms with Crippen molar-refractivity contribution >= 4 is 17.1 Å². The van der Waals surface area contributed by atoms with Crippen molar-refractivity contribution in [2.75, 3.05) is 44.0 Å². The number of nitrogen functional groups attached to an aromatic ring is 2. The Morgan fingerprint density at radius 1 is 1.18 bits per heavy atom. The summed E-state index contributed by atoms with van der Waals surface area (Å²) in [6, 6.07) is 5.66. The molecule has 0 atom stereocenters. The fourth-order valence-electron chi connectivity index (χ4n) is 1.94. The zero-order valence-electron chi connectivity index (χ0n) is 11.2. The second-order valence-electron chi connectivity index (χ2n) is 5.60. The second-order valence-corrected chi connectivity index (χ2v) is 5.60. The summed E-state index contributed by atoms with van der Waals surface area (Å²) >= 11 is 0. The van der Waals surface area contributed by atoms with Gasteiger partial charge in [-0.1, -0.05) is 13.8 Å². The van der Waals surface area contributed by atoms with Gasteiger partial charge in [0.15, 0.2) is 0 Å². The number of rotatable bonds is 5. The van der Waals surface area contributed by atoms with E-state index in [9.17, 15) is 0 Å². The lowest BCUT2D eigenvalue weighted by molar-refractivity contribution is 0.254. The van der Waals surface area contributed by atoms with Gasteiger partial charge in [-0.3, -0.25) is 0 Å². The first-order valence-corrected chi connectivity index (χ1v) is 5.84. The normalized spacial score (nSPS) is 11.8. The molecule has 0 spiro atoms. The van der Waals surface area contributed by atoms with E-state index >= 15 is 0 Å². The van der Waals surface area contributed by atoms with Gasteiger partial charge in [0.2, 0.25) is 0 Å². The third kappa shape index (κ3) is 4.53. The van der Waals surface area contributed by atoms with Gasteiger partial charge in [-0.25, -0.2) is 0 Å². The Morgan fingerprint density at radius 2 is 1.82 bits per heavy atom. The first kappa shape index (κ1) is 13.6. The number of nitrogens with one attached hydrogen (secondary N) is 1. The summed E-state index contributed by atoms with van der Waals surface area (Å²) in [6.45, 7) is 6.40. The lowest BCUT2D eigenvalue weighted by atomic mass is 9.93. The summed E-state index contributed by atoms with van der Waals surface area (Å²) in [7, 11) is 4.17. The topological polar surface area (TPSA) is 67.3 Å². The maximum absolute atomic E-state index is 5.77. The van der Waals surface area contributed by atoms with E-state index in [-0.39, 0.29) is 5.41 Å². The van der Waals surface area contributed by atoms with Gasteiger partial charge >= 0.3 is 0 Å². The van der Waals surface area contributed by atoms with Crippen molar-refractivity contribution < 1.29 is 0 Å². The molecule has 0 saturated carbocycles. The maximum Gasteiger partial charge on any atom is 0.0568 e. The summed E-state index contributed by atoms with van der Waals surface area (Å²) in [5, 5.41) is 3.40. The summed E-state index contributed by atoms with van der Waals surface area (Å²) in [5.41, 5.74) is 13.9. The summed E-state index contributed by atoms with van der Waals surface area (Å²) in [6.07, 6.45) is 0. The van der Waals surface area contributed by atoms with Crippen LogP contribution in [0.1, 0.15) is 13.8 Å². The van der Waals surface area contributed by atoms with E-state index in [1.807, 2.05) is 18.2 Å². The van der Waals surface area contributed by atoms with Crippen molar-refractivity contribution in [2.24, 2.45) is 5.41 Å². The van der Waals surface area contributed by atoms with Gasteiger partial charge in [-0.05, 0) is 37.7 Å². The number of hydrogen-bond donors (Lipinski definition) is 3. The highest BCUT2D eigenvalue weighted by Crippen LogP contribution is 2.22. The molecule has 0 aliphatic rings. The van der Waals surface area contributed by atoms with Crippen molar-refractivity contribution in [3.63, 3.8) is 0 Å². The standard InChI is InChI=1S/C13H24N4/c1-13(2,9-17(3)4)8-16-10-5-6-11(14)12(15)7-10/h5-7,16H,8-9,14-15H2,1-4H3. The predicted molar refractivity (Wildman–Crippen MR) is 76.1 cm³/mol. The molecule has 0 aromatic heterocycles. The molecular formula is C13H24N4. The second kappa shape index (κ2) is 5.27. The van der Waals surface area contributed by atoms with Gasteiger partial charge in [-0.15, -0.1) is 0 Å². The van der Waals surface area contributed by atoms with E-state index in [4.69, 9.17) is 11.5 Å². The van der Waals surface area contributed by atoms with Gasteiger partial charge in [-0.2, -0.15) is 0 Å². The van der Waals surface area contributed by atoms with Gasteiger partial charge in [0.25, 0.3) is 0 Å². The third-order valence-corrected chi connectivity index (χ3v) is 2.60. The monoisotopic (exact) mass is 236 g/mol. The van der Waals surface area contributed by atoms with Crippen molar-refractivity contribution in [3.8, 4) is 0 Å². The Hall–Kier alpha value is -1.42. The predicted octanol–water partition coefficient (Wildman–Crippen LogP) is 1.85. The van der Waals surface area contributed by atoms with Crippen molar-refractivity contribution in [3.05, 3.63) is 18.2 Å². The summed E-state index contributed by atoms with van der Waals surface area (Å²) in [4.78, 5) is 2.19. The van der Waals surface area contributed by atoms with E-state index in [0.29, 0.717) is 11.4 Å². The van der Waals surface area contributed by atoms with Crippen LogP contribution in [0.25, 0.3) is 0 Å². The van der Waals surface area contributed by atoms with Crippen LogP contribution in [0.15, 0.2) is 18.2 Å². The molecule has 4 heteroatoms. The van der Waals surface area contributed by atoms with Gasteiger partial charge < -0.3 is 21.7 Å². The van der Waals surface area contributed by atoms with E-state index in [2.05, 4.69) is 38.2 Å². The lowest BCUT2D eigenvalue weighted by Gasteiger charge is -2.29. The van der Waals surface area contributed by atoms with Crippen molar-refractivity contribution in [1.29, 1.82) is 0 Å². The zero-order valence-corrected chi connectivity index (χ0v) is 11.2. The summed E-state index contributed by atoms with van der Waals surface area (Å²) < 4.78 is 0. The fourth-order valence-corrected chi connectivity index (χ4v) is 1.94. The first-order chi connectivity index (χ1) is 7.80. The van der Waals surface area contributed by atoms with Crippen LogP contribution in [-0.2, 0) is 0 Å². The molecule has 0 fully saturated rings. The van der Waals surface area contributed by atoms with Crippen molar-refractivity contribution in [1.82, 2.24) is 4.90 Å². The van der Waals surface area contributed by atoms with Crippen LogP contribution < -0.4 is 16.8 Å². The minimum absolute atomic E-state index is 0.208. The highest BCUT2D eigenvalue weighted by atomic mass is 15.1. The molecule has 0 unspecified atom stereocenters. The Morgan fingerprint density at radius 3 is 2.35 bits per heavy atom. The number of nitrogens with two attached hydrogens (primary N) is 2. The van der Waals surface area contributed by atoms with E-state index in [0.717, 1.165) is 18.8 Å². The van der Waals surface area contributed by atoms with Gasteiger partial charge in [0.1, 0.15) is 0 Å². The number of hydrogen-bond acceptors (Lipinski definition) is 4. The Kier molecular flexibility index (Phi) is 4.23. The van der Waals surface area contributed by atoms with E-state index in [1.165, 1.54) is 0 Å². The molecule has 0 amide bonds. The smallest absolute Gasteiger partial charge is 0.0568 e. The quantitative estimate of drug-likeness (QED) is 0.683. The molecule has 0 aliphatic heterocycles. The Labute approximate surface area is 104 Å². The summed E-state index contributed by atoms with van der Waals surface area (Å²) in [5.74, 6) is 0. The average molecular weight is 236 g/mol. The number of anilines is 3. The Balaban J connectivity index is 2.58. The first-order valence-electron chi connectivity index (χ1n) is 5.84. The molecule has 0 aliphatic carbocycles. The van der Waals surface area contributed by atoms with Crippen molar-refractivity contribution in [2.45, 2.75) is 13.8 Å². The molecule has 1 rings (SSSR count). The largest absolute Gasteiger partial charge is 0.397 e. The minimum atomic E-state index is 0.208. The molecule has 4 nitrogen and oxygen atoms in total. The van der Waals surface area contributed by atoms with Crippen LogP contribution >= 0.6 is 0 Å². The SMILES string of the molecule is CN(C)CC(C)(C)CNc1ccc(N)c(N)c1. The van der Waals surface area contributed by atoms with Crippen LogP contribution in [0.5, 0.6) is 0 Å². The van der Waals surface area contributed by atoms with Gasteiger partial charge in [0.05, 0.1) is 11.4 Å². The van der Waals surface area contributed by atoms with Gasteiger partial charge in [0, 0.05) is 18.8 Å². The van der Waals surface area contributed by atoms with Crippen LogP contribution in [-0.4, -0.2) is 32.1 Å². The van der Waals surface area contributed by atoms with Crippen LogP contribution in [0.2, 0.25) is 0 Å². The molecule has 17 heavy (non-hydrogen) atoms. The molecule has 1 aromatic carbocycles. The van der Waals surface area contributed by atoms with E-state index in [1.54, 1.807) is 0 Å².